The maximum atomic E-state index is 12.2. The van der Waals surface area contributed by atoms with Crippen LogP contribution in [0.15, 0.2) is 87.5 Å². The molecule has 2 N–H and O–H groups in total. The summed E-state index contributed by atoms with van der Waals surface area (Å²) in [5, 5.41) is 42.3. The van der Waals surface area contributed by atoms with E-state index < -0.39 is 32.9 Å². The molecular formula is C43H57NNa3O20PS3. The quantitative estimate of drug-likeness (QED) is 0.00463. The first kappa shape index (κ1) is 76.2. The van der Waals surface area contributed by atoms with Crippen molar-refractivity contribution in [3.05, 3.63) is 72.9 Å². The molecule has 0 spiro atoms. The van der Waals surface area contributed by atoms with Crippen molar-refractivity contribution < 1.29 is 184 Å². The molecule has 28 heteroatoms. The number of anilines is 1. The molecule has 4 aromatic rings. The van der Waals surface area contributed by atoms with Crippen LogP contribution in [0, 0.1) is 0 Å². The molecular weight excluding hydrogens is 1050 g/mol. The van der Waals surface area contributed by atoms with Crippen LogP contribution >= 0.6 is 32.7 Å². The summed E-state index contributed by atoms with van der Waals surface area (Å²) in [6, 6.07) is 9.33. The molecule has 0 unspecified atom stereocenters. The molecule has 0 saturated carbocycles. The zero-order chi connectivity index (χ0) is 50.4. The molecule has 380 valence electrons. The van der Waals surface area contributed by atoms with Gasteiger partial charge in [-0.05, 0) is 62.4 Å². The fraction of sp³-hybridized carbons (Fsp3) is 0.395. The van der Waals surface area contributed by atoms with Gasteiger partial charge in [-0.1, -0.05) is 51.4 Å². The van der Waals surface area contributed by atoms with Gasteiger partial charge in [0.1, 0.15) is 42.8 Å². The molecule has 0 fully saturated rings. The number of hydrogen-bond acceptors (Lipinski definition) is 23. The van der Waals surface area contributed by atoms with E-state index in [0.717, 1.165) is 14.6 Å². The zero-order valence-corrected chi connectivity index (χ0v) is 49.8. The maximum Gasteiger partial charge on any atom is 1.00 e. The molecule has 0 heterocycles. The topological polar surface area (TPSA) is 296 Å². The third-order valence-electron chi connectivity index (χ3n) is 7.77. The van der Waals surface area contributed by atoms with Crippen LogP contribution in [0.1, 0.15) is 28.2 Å². The Bertz CT molecular complexity index is 2350. The van der Waals surface area contributed by atoms with E-state index in [4.69, 9.17) is 28.8 Å². The van der Waals surface area contributed by atoms with Gasteiger partial charge in [0.15, 0.2) is 0 Å². The Labute approximate surface area is 490 Å². The Morgan fingerprint density at radius 1 is 0.676 bits per heavy atom. The second-order valence-electron chi connectivity index (χ2n) is 13.1. The number of aldehydes is 1. The number of nitrogens with one attached hydrogen (secondary N) is 1. The zero-order valence-electron chi connectivity index (χ0n) is 40.4. The van der Waals surface area contributed by atoms with Crippen molar-refractivity contribution in [3.63, 3.8) is 0 Å². The number of benzene rings is 4. The van der Waals surface area contributed by atoms with E-state index in [-0.39, 0.29) is 171 Å². The predicted octanol–water partition coefficient (Wildman–Crippen LogP) is -4.49. The first-order valence-corrected chi connectivity index (χ1v) is 24.4. The van der Waals surface area contributed by atoms with Crippen molar-refractivity contribution in [3.8, 4) is 0 Å². The molecule has 0 aromatic heterocycles. The van der Waals surface area contributed by atoms with Gasteiger partial charge in [-0.3, -0.25) is 10.1 Å². The van der Waals surface area contributed by atoms with Gasteiger partial charge in [-0.15, -0.1) is 8.58 Å². The third-order valence-corrected chi connectivity index (χ3v) is 9.93. The number of carbonyl (C=O) groups is 4. The van der Waals surface area contributed by atoms with Crippen LogP contribution in [0.3, 0.4) is 0 Å². The smallest absolute Gasteiger partial charge is 0.744 e. The Morgan fingerprint density at radius 3 is 1.48 bits per heavy atom. The van der Waals surface area contributed by atoms with Gasteiger partial charge in [-0.2, -0.15) is 8.67 Å². The molecule has 0 aliphatic heterocycles. The number of aliphatic hydroxyl groups excluding tert-OH is 1. The van der Waals surface area contributed by atoms with Gasteiger partial charge < -0.3 is 58.7 Å². The molecule has 0 bridgehead atoms. The third kappa shape index (κ3) is 28.9. The summed E-state index contributed by atoms with van der Waals surface area (Å²) in [7, 11) is -3.86. The van der Waals surface area contributed by atoms with Crippen molar-refractivity contribution in [2.75, 3.05) is 91.3 Å². The summed E-state index contributed by atoms with van der Waals surface area (Å²) < 4.78 is 74.9. The number of rotatable bonds is 27. The monoisotopic (exact) mass is 1100 g/mol. The van der Waals surface area contributed by atoms with Crippen LogP contribution in [-0.2, 0) is 76.5 Å². The summed E-state index contributed by atoms with van der Waals surface area (Å²) in [6.07, 6.45) is 0.639. The van der Waals surface area contributed by atoms with Crippen LogP contribution in [-0.4, -0.2) is 128 Å². The molecule has 0 amide bonds. The summed E-state index contributed by atoms with van der Waals surface area (Å²) in [6.45, 7) is 21.3. The number of aliphatic hydroxyl groups is 1. The SMILES string of the molecule is C.C=C(C)C(=O)OCCOCC=O.C=C(C)C(=O)OCCOCCNc1cc(SOO[O-])c2ccc3c(SOO[O-])cc(S(=O)(=O)[O-])c4ccc1c2c34.C=C(C)C(=O)OCCOCCO.CPC.[Na+].[Na+].[Na+]. The Kier molecular flexibility index (Phi) is 47.0. The number of esters is 3. The Morgan fingerprint density at radius 2 is 1.07 bits per heavy atom. The van der Waals surface area contributed by atoms with Crippen molar-refractivity contribution >= 4 is 105 Å². The molecule has 0 aliphatic rings. The number of ether oxygens (including phenoxy) is 6. The predicted molar refractivity (Wildman–Crippen MR) is 252 cm³/mol. The fourth-order valence-corrected chi connectivity index (χ4v) is 6.93. The van der Waals surface area contributed by atoms with Crippen LogP contribution < -0.4 is 105 Å². The summed E-state index contributed by atoms with van der Waals surface area (Å²) in [5.41, 5.74) is 1.58. The van der Waals surface area contributed by atoms with Crippen molar-refractivity contribution in [2.24, 2.45) is 0 Å². The molecule has 4 aromatic carbocycles. The average molecular weight is 1100 g/mol. The summed E-state index contributed by atoms with van der Waals surface area (Å²) in [4.78, 5) is 42.8. The van der Waals surface area contributed by atoms with Gasteiger partial charge in [0.05, 0.1) is 68.6 Å². The maximum absolute atomic E-state index is 12.2. The van der Waals surface area contributed by atoms with Gasteiger partial charge in [-0.25, -0.2) is 22.8 Å². The minimum absolute atomic E-state index is 0. The normalized spacial score (nSPS) is 10.2. The minimum atomic E-state index is -4.94. The number of hydrogen-bond donors (Lipinski definition) is 2. The van der Waals surface area contributed by atoms with Crippen LogP contribution in [0.2, 0.25) is 0 Å². The van der Waals surface area contributed by atoms with Crippen molar-refractivity contribution in [1.29, 1.82) is 0 Å². The van der Waals surface area contributed by atoms with Gasteiger partial charge in [0, 0.05) is 54.9 Å². The van der Waals surface area contributed by atoms with E-state index in [0.29, 0.717) is 92.2 Å². The van der Waals surface area contributed by atoms with Crippen LogP contribution in [0.25, 0.3) is 32.3 Å². The van der Waals surface area contributed by atoms with Crippen molar-refractivity contribution in [1.82, 2.24) is 0 Å². The molecule has 0 saturated heterocycles. The van der Waals surface area contributed by atoms with Gasteiger partial charge in [0.25, 0.3) is 0 Å². The van der Waals surface area contributed by atoms with Crippen LogP contribution in [0.4, 0.5) is 5.69 Å². The van der Waals surface area contributed by atoms with E-state index in [1.807, 2.05) is 0 Å². The van der Waals surface area contributed by atoms with E-state index in [2.05, 4.69) is 61.9 Å². The molecule has 71 heavy (non-hydrogen) atoms. The Balaban J connectivity index is -0.000000599. The van der Waals surface area contributed by atoms with E-state index >= 15 is 0 Å². The van der Waals surface area contributed by atoms with E-state index in [1.165, 1.54) is 6.07 Å². The molecule has 0 radical (unpaired) electrons. The number of carbonyl (C=O) groups excluding carboxylic acids is 4. The average Bonchev–Trinajstić information content (AvgIpc) is 3.29. The van der Waals surface area contributed by atoms with E-state index in [1.54, 1.807) is 45.0 Å². The second kappa shape index (κ2) is 43.9. The summed E-state index contributed by atoms with van der Waals surface area (Å²) >= 11 is 1.09. The first-order valence-electron chi connectivity index (χ1n) is 19.5. The molecule has 0 atom stereocenters. The second-order valence-corrected chi connectivity index (χ2v) is 17.0. The molecule has 4 rings (SSSR count). The van der Waals surface area contributed by atoms with E-state index in [9.17, 15) is 42.7 Å². The minimum Gasteiger partial charge on any atom is -0.744 e. The molecule has 0 aliphatic carbocycles. The van der Waals surface area contributed by atoms with Gasteiger partial charge >= 0.3 is 107 Å². The van der Waals surface area contributed by atoms with Crippen LogP contribution in [0.5, 0.6) is 0 Å². The standard InChI is InChI=1S/C24H23NO12S3.C8H14O4.C8H12O4.C2H7P.CH4.3Na/c1-13(2)24(26)33-10-9-32-8-7-25-18-11-19(38-36-34-27)15-4-5-16-20(39-37-35-28)12-21(40(29,30)31)17-6-3-14(18)22(15)23(16)17;2*1-7(2)8(10)12-6-5-11-4-3-9;1-3-2;;;;/h3-6,11-12,25,27-28H,1,7-10H2,2H3,(H,29,30,31);9H,1,3-6H2,2H3;3H,1,4-6H2,2H3;3H,1-2H3;1H4;;;/q;;;;;3*+1/p-3. The Hall–Kier alpha value is -1.34. The van der Waals surface area contributed by atoms with Gasteiger partial charge in [0.2, 0.25) is 0 Å². The first-order chi connectivity index (χ1) is 31.9. The fourth-order valence-electron chi connectivity index (χ4n) is 5.10. The van der Waals surface area contributed by atoms with Crippen molar-refractivity contribution in [2.45, 2.75) is 42.9 Å². The molecule has 21 nitrogen and oxygen atoms in total. The summed E-state index contributed by atoms with van der Waals surface area (Å²) in [5.74, 6) is -1.36. The largest absolute Gasteiger partial charge is 1.00 e.